The van der Waals surface area contributed by atoms with Crippen molar-refractivity contribution in [2.24, 2.45) is 11.3 Å². The quantitative estimate of drug-likeness (QED) is 0.618. The highest BCUT2D eigenvalue weighted by Gasteiger charge is 2.26. The summed E-state index contributed by atoms with van der Waals surface area (Å²) in [6, 6.07) is 0. The van der Waals surface area contributed by atoms with E-state index < -0.39 is 11.4 Å². The van der Waals surface area contributed by atoms with E-state index in [1.807, 2.05) is 13.8 Å². The van der Waals surface area contributed by atoms with Gasteiger partial charge in [0.25, 0.3) is 0 Å². The summed E-state index contributed by atoms with van der Waals surface area (Å²) in [6.07, 6.45) is 6.90. The molecule has 0 aromatic rings. The van der Waals surface area contributed by atoms with Gasteiger partial charge in [-0.05, 0) is 32.6 Å². The van der Waals surface area contributed by atoms with Crippen molar-refractivity contribution in [3.8, 4) is 0 Å². The molecule has 0 amide bonds. The number of hydrogen-bond donors (Lipinski definition) is 1. The molecule has 0 aliphatic carbocycles. The van der Waals surface area contributed by atoms with Crippen LogP contribution in [0.15, 0.2) is 0 Å². The molecule has 0 spiro atoms. The van der Waals surface area contributed by atoms with Crippen molar-refractivity contribution < 1.29 is 9.90 Å². The van der Waals surface area contributed by atoms with Crippen molar-refractivity contribution in [2.75, 3.05) is 0 Å². The molecule has 0 heterocycles. The Bertz CT molecular complexity index is 185. The molecule has 0 radical (unpaired) electrons. The number of rotatable bonds is 8. The topological polar surface area (TPSA) is 37.3 Å². The summed E-state index contributed by atoms with van der Waals surface area (Å²) >= 11 is 0. The Labute approximate surface area is 94.1 Å². The molecule has 2 heteroatoms. The van der Waals surface area contributed by atoms with Gasteiger partial charge in [0.2, 0.25) is 0 Å². The largest absolute Gasteiger partial charge is 0.481 e. The fourth-order valence-electron chi connectivity index (χ4n) is 1.60. The Hall–Kier alpha value is -0.530. The molecule has 0 saturated carbocycles. The van der Waals surface area contributed by atoms with Crippen molar-refractivity contribution >= 4 is 5.97 Å². The molecule has 0 aliphatic rings. The van der Waals surface area contributed by atoms with Crippen LogP contribution in [0.1, 0.15) is 66.2 Å². The molecule has 90 valence electrons. The van der Waals surface area contributed by atoms with Crippen LogP contribution in [0.5, 0.6) is 0 Å². The zero-order valence-electron chi connectivity index (χ0n) is 10.7. The van der Waals surface area contributed by atoms with E-state index >= 15 is 0 Å². The zero-order chi connectivity index (χ0) is 11.9. The average Bonchev–Trinajstić information content (AvgIpc) is 2.15. The van der Waals surface area contributed by atoms with E-state index in [0.717, 1.165) is 12.8 Å². The van der Waals surface area contributed by atoms with Crippen molar-refractivity contribution in [3.05, 3.63) is 0 Å². The molecule has 0 aromatic carbocycles. The molecular weight excluding hydrogens is 188 g/mol. The molecule has 15 heavy (non-hydrogen) atoms. The number of carboxylic acids is 1. The molecule has 1 N–H and O–H groups in total. The summed E-state index contributed by atoms with van der Waals surface area (Å²) in [7, 11) is 0. The SMILES string of the molecule is CCCCCC(C)CCC(C)(C)C(=O)O. The summed E-state index contributed by atoms with van der Waals surface area (Å²) in [5, 5.41) is 8.97. The van der Waals surface area contributed by atoms with Crippen LogP contribution in [0.4, 0.5) is 0 Å². The second kappa shape index (κ2) is 6.86. The van der Waals surface area contributed by atoms with Gasteiger partial charge >= 0.3 is 5.97 Å². The third-order valence-corrected chi connectivity index (χ3v) is 3.14. The Morgan fingerprint density at radius 3 is 2.33 bits per heavy atom. The maximum absolute atomic E-state index is 10.9. The molecular formula is C13H26O2. The maximum Gasteiger partial charge on any atom is 0.309 e. The molecule has 1 unspecified atom stereocenters. The normalized spacial score (nSPS) is 13.9. The van der Waals surface area contributed by atoms with E-state index in [1.165, 1.54) is 25.7 Å². The molecule has 0 aromatic heterocycles. The van der Waals surface area contributed by atoms with E-state index in [0.29, 0.717) is 5.92 Å². The van der Waals surface area contributed by atoms with E-state index in [9.17, 15) is 4.79 Å². The van der Waals surface area contributed by atoms with Gasteiger partial charge < -0.3 is 5.11 Å². The van der Waals surface area contributed by atoms with Gasteiger partial charge in [-0.3, -0.25) is 4.79 Å². The minimum Gasteiger partial charge on any atom is -0.481 e. The maximum atomic E-state index is 10.9. The minimum atomic E-state index is -0.678. The van der Waals surface area contributed by atoms with Gasteiger partial charge in [-0.1, -0.05) is 39.5 Å². The van der Waals surface area contributed by atoms with E-state index in [2.05, 4.69) is 13.8 Å². The lowest BCUT2D eigenvalue weighted by atomic mass is 9.84. The van der Waals surface area contributed by atoms with Crippen molar-refractivity contribution in [2.45, 2.75) is 66.2 Å². The fraction of sp³-hybridized carbons (Fsp3) is 0.923. The molecule has 0 rings (SSSR count). The van der Waals surface area contributed by atoms with Gasteiger partial charge in [0.05, 0.1) is 5.41 Å². The second-order valence-corrected chi connectivity index (χ2v) is 5.33. The fourth-order valence-corrected chi connectivity index (χ4v) is 1.60. The highest BCUT2D eigenvalue weighted by atomic mass is 16.4. The number of hydrogen-bond acceptors (Lipinski definition) is 1. The molecule has 2 nitrogen and oxygen atoms in total. The van der Waals surface area contributed by atoms with Gasteiger partial charge in [-0.15, -0.1) is 0 Å². The first kappa shape index (κ1) is 14.5. The lowest BCUT2D eigenvalue weighted by Gasteiger charge is -2.21. The predicted octanol–water partition coefficient (Wildman–Crippen LogP) is 4.09. The van der Waals surface area contributed by atoms with Crippen LogP contribution >= 0.6 is 0 Å². The zero-order valence-corrected chi connectivity index (χ0v) is 10.7. The number of unbranched alkanes of at least 4 members (excludes halogenated alkanes) is 2. The van der Waals surface area contributed by atoms with E-state index in [1.54, 1.807) is 0 Å². The van der Waals surface area contributed by atoms with Gasteiger partial charge in [0.15, 0.2) is 0 Å². The summed E-state index contributed by atoms with van der Waals surface area (Å²) in [6.45, 7) is 8.06. The lowest BCUT2D eigenvalue weighted by Crippen LogP contribution is -2.24. The highest BCUT2D eigenvalue weighted by molar-refractivity contribution is 5.73. The Morgan fingerprint density at radius 2 is 1.87 bits per heavy atom. The third-order valence-electron chi connectivity index (χ3n) is 3.14. The monoisotopic (exact) mass is 214 g/mol. The average molecular weight is 214 g/mol. The van der Waals surface area contributed by atoms with Crippen LogP contribution in [0.3, 0.4) is 0 Å². The third kappa shape index (κ3) is 6.53. The summed E-state index contributed by atoms with van der Waals surface area (Å²) < 4.78 is 0. The summed E-state index contributed by atoms with van der Waals surface area (Å²) in [4.78, 5) is 10.9. The first-order chi connectivity index (χ1) is 6.90. The van der Waals surface area contributed by atoms with Gasteiger partial charge in [-0.2, -0.15) is 0 Å². The Kier molecular flexibility index (Phi) is 6.62. The number of aliphatic carboxylic acids is 1. The predicted molar refractivity (Wildman–Crippen MR) is 64.0 cm³/mol. The second-order valence-electron chi connectivity index (χ2n) is 5.33. The van der Waals surface area contributed by atoms with Crippen LogP contribution in [0.2, 0.25) is 0 Å². The van der Waals surface area contributed by atoms with Crippen LogP contribution in [-0.4, -0.2) is 11.1 Å². The first-order valence-corrected chi connectivity index (χ1v) is 6.13. The Balaban J connectivity index is 3.70. The summed E-state index contributed by atoms with van der Waals surface area (Å²) in [5.74, 6) is -0.0153. The van der Waals surface area contributed by atoms with Crippen LogP contribution in [-0.2, 0) is 4.79 Å². The number of carboxylic acid groups (broad SMARTS) is 1. The minimum absolute atomic E-state index is 0.557. The molecule has 0 bridgehead atoms. The molecule has 0 aliphatic heterocycles. The van der Waals surface area contributed by atoms with Crippen molar-refractivity contribution in [1.29, 1.82) is 0 Å². The standard InChI is InChI=1S/C13H26O2/c1-5-6-7-8-11(2)9-10-13(3,4)12(14)15/h11H,5-10H2,1-4H3,(H,14,15). The van der Waals surface area contributed by atoms with Crippen molar-refractivity contribution in [1.82, 2.24) is 0 Å². The number of carbonyl (C=O) groups is 1. The van der Waals surface area contributed by atoms with E-state index in [4.69, 9.17) is 5.11 Å². The van der Waals surface area contributed by atoms with Crippen LogP contribution in [0.25, 0.3) is 0 Å². The van der Waals surface area contributed by atoms with Gasteiger partial charge in [0, 0.05) is 0 Å². The van der Waals surface area contributed by atoms with Gasteiger partial charge in [0.1, 0.15) is 0 Å². The smallest absolute Gasteiger partial charge is 0.309 e. The molecule has 1 atom stereocenters. The van der Waals surface area contributed by atoms with E-state index in [-0.39, 0.29) is 0 Å². The van der Waals surface area contributed by atoms with Crippen LogP contribution < -0.4 is 0 Å². The van der Waals surface area contributed by atoms with Crippen molar-refractivity contribution in [3.63, 3.8) is 0 Å². The molecule has 0 fully saturated rings. The Morgan fingerprint density at radius 1 is 1.27 bits per heavy atom. The van der Waals surface area contributed by atoms with Gasteiger partial charge in [-0.25, -0.2) is 0 Å². The first-order valence-electron chi connectivity index (χ1n) is 6.13. The summed E-state index contributed by atoms with van der Waals surface area (Å²) in [5.41, 5.74) is -0.557. The highest BCUT2D eigenvalue weighted by Crippen LogP contribution is 2.26. The molecule has 0 saturated heterocycles. The lowest BCUT2D eigenvalue weighted by molar-refractivity contribution is -0.147. The van der Waals surface area contributed by atoms with Crippen LogP contribution in [0, 0.1) is 11.3 Å².